The lowest BCUT2D eigenvalue weighted by molar-refractivity contribution is 1.07. The van der Waals surface area contributed by atoms with Crippen molar-refractivity contribution in [3.8, 4) is 96.7 Å². The summed E-state index contributed by atoms with van der Waals surface area (Å²) >= 11 is 0. The van der Waals surface area contributed by atoms with Crippen molar-refractivity contribution in [1.82, 2.24) is 29.9 Å². The first-order valence-electron chi connectivity index (χ1n) is 18.2. The van der Waals surface area contributed by atoms with E-state index < -0.39 is 0 Å². The number of benzene rings is 7. The molecule has 0 spiro atoms. The van der Waals surface area contributed by atoms with Crippen LogP contribution in [0.1, 0.15) is 5.56 Å². The molecule has 0 amide bonds. The fraction of sp³-hybridized carbons (Fsp3) is 0. The Morgan fingerprint density at radius 2 is 0.518 bits per heavy atom. The maximum atomic E-state index is 9.66. The number of nitriles is 1. The molecule has 2 aromatic heterocycles. The topological polar surface area (TPSA) is 101 Å². The molecule has 0 saturated carbocycles. The molecule has 56 heavy (non-hydrogen) atoms. The smallest absolute Gasteiger partial charge is 0.164 e. The first-order valence-corrected chi connectivity index (χ1v) is 18.2. The van der Waals surface area contributed by atoms with Crippen LogP contribution in [-0.2, 0) is 0 Å². The van der Waals surface area contributed by atoms with Crippen molar-refractivity contribution in [3.63, 3.8) is 0 Å². The second-order valence-electron chi connectivity index (χ2n) is 13.1. The number of hydrogen-bond donors (Lipinski definition) is 0. The van der Waals surface area contributed by atoms with Gasteiger partial charge in [0.15, 0.2) is 34.9 Å². The van der Waals surface area contributed by atoms with Crippen LogP contribution >= 0.6 is 0 Å². The van der Waals surface area contributed by atoms with E-state index >= 15 is 0 Å². The van der Waals surface area contributed by atoms with Crippen LogP contribution in [0.2, 0.25) is 0 Å². The molecule has 9 rings (SSSR count). The van der Waals surface area contributed by atoms with E-state index in [-0.39, 0.29) is 0 Å². The zero-order valence-corrected chi connectivity index (χ0v) is 30.0. The number of nitrogens with zero attached hydrogens (tertiary/aromatic N) is 7. The number of hydrogen-bond acceptors (Lipinski definition) is 7. The van der Waals surface area contributed by atoms with Crippen LogP contribution in [0.5, 0.6) is 0 Å². The van der Waals surface area contributed by atoms with Gasteiger partial charge in [0.25, 0.3) is 0 Å². The molecule has 0 N–H and O–H groups in total. The van der Waals surface area contributed by atoms with Gasteiger partial charge in [0, 0.05) is 33.4 Å². The summed E-state index contributed by atoms with van der Waals surface area (Å²) in [6.45, 7) is 0. The molecule has 0 atom stereocenters. The van der Waals surface area contributed by atoms with Gasteiger partial charge in [0.05, 0.1) is 11.6 Å². The normalized spacial score (nSPS) is 10.8. The molecule has 0 saturated heterocycles. The summed E-state index contributed by atoms with van der Waals surface area (Å²) in [5.74, 6) is 3.34. The third kappa shape index (κ3) is 7.19. The lowest BCUT2D eigenvalue weighted by Crippen LogP contribution is -2.01. The Bertz CT molecular complexity index is 2810. The van der Waals surface area contributed by atoms with Crippen molar-refractivity contribution in [2.45, 2.75) is 0 Å². The first-order chi connectivity index (χ1) is 27.7. The number of aromatic nitrogens is 6. The van der Waals surface area contributed by atoms with Gasteiger partial charge in [-0.1, -0.05) is 158 Å². The van der Waals surface area contributed by atoms with Gasteiger partial charge in [-0.15, -0.1) is 0 Å². The van der Waals surface area contributed by atoms with Crippen molar-refractivity contribution >= 4 is 0 Å². The fourth-order valence-electron chi connectivity index (χ4n) is 6.57. The molecule has 0 fully saturated rings. The molecule has 7 aromatic carbocycles. The van der Waals surface area contributed by atoms with Crippen LogP contribution < -0.4 is 0 Å². The summed E-state index contributed by atoms with van der Waals surface area (Å²) in [7, 11) is 0. The van der Waals surface area contributed by atoms with Crippen LogP contribution in [0.4, 0.5) is 0 Å². The molecule has 262 valence electrons. The van der Waals surface area contributed by atoms with Gasteiger partial charge in [-0.3, -0.25) is 0 Å². The van der Waals surface area contributed by atoms with Crippen molar-refractivity contribution < 1.29 is 0 Å². The third-order valence-electron chi connectivity index (χ3n) is 9.39. The minimum absolute atomic E-state index is 0.484. The van der Waals surface area contributed by atoms with Gasteiger partial charge in [-0.25, -0.2) is 29.9 Å². The second-order valence-corrected chi connectivity index (χ2v) is 13.1. The Morgan fingerprint density at radius 1 is 0.250 bits per heavy atom. The lowest BCUT2D eigenvalue weighted by atomic mass is 10.00. The Balaban J connectivity index is 1.13. The Morgan fingerprint density at radius 3 is 0.893 bits per heavy atom. The van der Waals surface area contributed by atoms with Crippen molar-refractivity contribution in [2.24, 2.45) is 0 Å². The largest absolute Gasteiger partial charge is 0.208 e. The third-order valence-corrected chi connectivity index (χ3v) is 9.39. The van der Waals surface area contributed by atoms with Crippen molar-refractivity contribution in [3.05, 3.63) is 194 Å². The van der Waals surface area contributed by atoms with Crippen LogP contribution in [0, 0.1) is 11.3 Å². The molecule has 0 aliphatic rings. The fourth-order valence-corrected chi connectivity index (χ4v) is 6.57. The van der Waals surface area contributed by atoms with E-state index in [9.17, 15) is 5.26 Å². The van der Waals surface area contributed by atoms with E-state index in [1.807, 2.05) is 127 Å². The molecule has 7 heteroatoms. The summed E-state index contributed by atoms with van der Waals surface area (Å²) in [5.41, 5.74) is 9.78. The van der Waals surface area contributed by atoms with Crippen LogP contribution in [0.25, 0.3) is 90.6 Å². The highest BCUT2D eigenvalue weighted by atomic mass is 15.0. The standard InChI is InChI=1S/C49H31N7/c50-32-33-14-10-24-40(28-33)46-54-48(41-25-11-21-37(29-41)34-15-4-1-5-16-34)56-49(55-46)43-27-13-23-39(31-43)38-22-12-26-42(30-38)47-52-44(35-17-6-2-7-18-35)51-45(53-47)36-19-8-3-9-20-36/h1-31H. The minimum Gasteiger partial charge on any atom is -0.208 e. The molecule has 0 bridgehead atoms. The maximum absolute atomic E-state index is 9.66. The van der Waals surface area contributed by atoms with Crippen LogP contribution in [-0.4, -0.2) is 29.9 Å². The summed E-state index contributed by atoms with van der Waals surface area (Å²) in [6, 6.07) is 64.4. The molecular formula is C49H31N7. The van der Waals surface area contributed by atoms with Gasteiger partial charge >= 0.3 is 0 Å². The zero-order chi connectivity index (χ0) is 37.7. The van der Waals surface area contributed by atoms with Gasteiger partial charge in [-0.05, 0) is 52.6 Å². The Hall–Kier alpha value is -7.95. The molecule has 7 nitrogen and oxygen atoms in total. The van der Waals surface area contributed by atoms with Gasteiger partial charge in [0.2, 0.25) is 0 Å². The van der Waals surface area contributed by atoms with E-state index in [1.54, 1.807) is 12.1 Å². The monoisotopic (exact) mass is 717 g/mol. The summed E-state index contributed by atoms with van der Waals surface area (Å²) in [4.78, 5) is 29.7. The molecule has 0 radical (unpaired) electrons. The average molecular weight is 718 g/mol. The zero-order valence-electron chi connectivity index (χ0n) is 30.0. The maximum Gasteiger partial charge on any atom is 0.164 e. The predicted molar refractivity (Wildman–Crippen MR) is 221 cm³/mol. The Labute approximate surface area is 324 Å². The van der Waals surface area contributed by atoms with E-state index in [0.29, 0.717) is 40.5 Å². The van der Waals surface area contributed by atoms with Crippen molar-refractivity contribution in [2.75, 3.05) is 0 Å². The summed E-state index contributed by atoms with van der Waals surface area (Å²) < 4.78 is 0. The molecule has 0 aliphatic heterocycles. The highest BCUT2D eigenvalue weighted by Crippen LogP contribution is 2.32. The van der Waals surface area contributed by atoms with Crippen molar-refractivity contribution in [1.29, 1.82) is 5.26 Å². The van der Waals surface area contributed by atoms with Crippen LogP contribution in [0.3, 0.4) is 0 Å². The van der Waals surface area contributed by atoms with E-state index in [2.05, 4.69) is 54.6 Å². The van der Waals surface area contributed by atoms with Gasteiger partial charge in [0.1, 0.15) is 0 Å². The molecule has 2 heterocycles. The highest BCUT2D eigenvalue weighted by molar-refractivity contribution is 5.77. The summed E-state index contributed by atoms with van der Waals surface area (Å²) in [6.07, 6.45) is 0. The summed E-state index contributed by atoms with van der Waals surface area (Å²) in [5, 5.41) is 9.66. The van der Waals surface area contributed by atoms with Gasteiger partial charge in [-0.2, -0.15) is 5.26 Å². The van der Waals surface area contributed by atoms with E-state index in [4.69, 9.17) is 29.9 Å². The minimum atomic E-state index is 0.484. The van der Waals surface area contributed by atoms with E-state index in [0.717, 1.165) is 55.6 Å². The van der Waals surface area contributed by atoms with Gasteiger partial charge < -0.3 is 0 Å². The molecule has 0 aliphatic carbocycles. The van der Waals surface area contributed by atoms with Crippen LogP contribution in [0.15, 0.2) is 188 Å². The lowest BCUT2D eigenvalue weighted by Gasteiger charge is -2.11. The molecule has 0 unspecified atom stereocenters. The predicted octanol–water partition coefficient (Wildman–Crippen LogP) is 11.3. The molecular weight excluding hydrogens is 687 g/mol. The first kappa shape index (κ1) is 33.9. The average Bonchev–Trinajstić information content (AvgIpc) is 3.29. The highest BCUT2D eigenvalue weighted by Gasteiger charge is 2.16. The SMILES string of the molecule is N#Cc1cccc(-c2nc(-c3cccc(-c4ccccc4)c3)nc(-c3cccc(-c4cccc(-c5nc(-c6ccccc6)nc(-c6ccccc6)n5)c4)c3)n2)c1. The quantitative estimate of drug-likeness (QED) is 0.154. The second kappa shape index (κ2) is 15.2. The number of rotatable bonds is 8. The Kier molecular flexibility index (Phi) is 9.18. The van der Waals surface area contributed by atoms with E-state index in [1.165, 1.54) is 0 Å². The molecule has 9 aromatic rings.